The summed E-state index contributed by atoms with van der Waals surface area (Å²) in [5.41, 5.74) is -0.0784. The first-order chi connectivity index (χ1) is 16.4. The Morgan fingerprint density at radius 3 is 2.71 bits per heavy atom. The van der Waals surface area contributed by atoms with Crippen LogP contribution in [0.4, 0.5) is 20.7 Å². The molecule has 3 aliphatic heterocycles. The van der Waals surface area contributed by atoms with Crippen molar-refractivity contribution in [3.8, 4) is 0 Å². The second-order valence-corrected chi connectivity index (χ2v) is 9.09. The molecule has 0 bridgehead atoms. The van der Waals surface area contributed by atoms with Gasteiger partial charge in [-0.05, 0) is 37.4 Å². The highest BCUT2D eigenvalue weighted by atomic mass is 19.1. The molecule has 1 unspecified atom stereocenters. The van der Waals surface area contributed by atoms with Crippen molar-refractivity contribution in [3.05, 3.63) is 54.0 Å². The Morgan fingerprint density at radius 1 is 1.09 bits per heavy atom. The molecular weight excluding hydrogens is 441 g/mol. The monoisotopic (exact) mass is 469 g/mol. The molecule has 0 radical (unpaired) electrons. The summed E-state index contributed by atoms with van der Waals surface area (Å²) in [5, 5.41) is 0. The number of anilines is 2. The van der Waals surface area contributed by atoms with Crippen LogP contribution < -0.4 is 9.80 Å². The van der Waals surface area contributed by atoms with Gasteiger partial charge in [-0.15, -0.1) is 0 Å². The van der Waals surface area contributed by atoms with Gasteiger partial charge in [0, 0.05) is 44.5 Å². The zero-order chi connectivity index (χ0) is 23.7. The topological polar surface area (TPSA) is 78.5 Å². The Hall–Kier alpha value is -3.24. The third kappa shape index (κ3) is 4.55. The molecule has 4 heterocycles. The number of likely N-dealkylation sites (N-methyl/N-ethyl adjacent to an activating group) is 1. The highest BCUT2D eigenvalue weighted by Gasteiger charge is 2.49. The van der Waals surface area contributed by atoms with Gasteiger partial charge in [0.1, 0.15) is 11.6 Å². The SMILES string of the molecule is CN1CCN(c2cc(C(=O)N3CCOCC4(C3)CN(c3cccc(F)c3)C(=O)O4)ccn2)CC1. The van der Waals surface area contributed by atoms with Crippen LogP contribution in [0, 0.1) is 5.82 Å². The number of nitrogens with zero attached hydrogens (tertiary/aromatic N) is 5. The van der Waals surface area contributed by atoms with Crippen molar-refractivity contribution >= 4 is 23.5 Å². The lowest BCUT2D eigenvalue weighted by atomic mass is 10.0. The minimum atomic E-state index is -1.02. The maximum atomic E-state index is 13.7. The normalized spacial score (nSPS) is 23.8. The largest absolute Gasteiger partial charge is 0.436 e. The summed E-state index contributed by atoms with van der Waals surface area (Å²) in [5.74, 6) is 0.182. The maximum absolute atomic E-state index is 13.7. The van der Waals surface area contributed by atoms with Crippen LogP contribution in [0.15, 0.2) is 42.6 Å². The molecule has 10 heteroatoms. The van der Waals surface area contributed by atoms with Crippen LogP contribution in [-0.2, 0) is 9.47 Å². The Balaban J connectivity index is 1.33. The molecule has 1 aromatic heterocycles. The van der Waals surface area contributed by atoms with Crippen LogP contribution >= 0.6 is 0 Å². The fraction of sp³-hybridized carbons (Fsp3) is 0.458. The molecule has 1 spiro atoms. The summed E-state index contributed by atoms with van der Waals surface area (Å²) >= 11 is 0. The predicted molar refractivity (Wildman–Crippen MR) is 124 cm³/mol. The smallest absolute Gasteiger partial charge is 0.415 e. The van der Waals surface area contributed by atoms with E-state index in [1.54, 1.807) is 29.3 Å². The van der Waals surface area contributed by atoms with E-state index in [1.165, 1.54) is 17.0 Å². The van der Waals surface area contributed by atoms with Crippen molar-refractivity contribution < 1.29 is 23.5 Å². The second-order valence-electron chi connectivity index (χ2n) is 9.09. The average molecular weight is 470 g/mol. The van der Waals surface area contributed by atoms with Crippen LogP contribution in [0.25, 0.3) is 0 Å². The molecule has 3 aliphatic rings. The van der Waals surface area contributed by atoms with Crippen LogP contribution in [0.3, 0.4) is 0 Å². The summed E-state index contributed by atoms with van der Waals surface area (Å²) in [6.45, 7) is 4.83. The summed E-state index contributed by atoms with van der Waals surface area (Å²) in [4.78, 5) is 38.1. The summed E-state index contributed by atoms with van der Waals surface area (Å²) < 4.78 is 25.2. The van der Waals surface area contributed by atoms with Crippen molar-refractivity contribution in [2.45, 2.75) is 5.60 Å². The molecule has 5 rings (SSSR count). The van der Waals surface area contributed by atoms with Gasteiger partial charge < -0.3 is 24.2 Å². The van der Waals surface area contributed by atoms with E-state index in [1.807, 2.05) is 6.07 Å². The number of benzene rings is 1. The molecule has 2 amide bonds. The summed E-state index contributed by atoms with van der Waals surface area (Å²) in [6.07, 6.45) is 1.08. The lowest BCUT2D eigenvalue weighted by Crippen LogP contribution is -2.49. The second kappa shape index (κ2) is 9.19. The molecule has 9 nitrogen and oxygen atoms in total. The first kappa shape index (κ1) is 22.5. The molecular formula is C24H28FN5O4. The fourth-order valence-corrected chi connectivity index (χ4v) is 4.64. The van der Waals surface area contributed by atoms with Crippen LogP contribution in [0.1, 0.15) is 10.4 Å². The predicted octanol–water partition coefficient (Wildman–Crippen LogP) is 1.84. The number of pyridine rings is 1. The average Bonchev–Trinajstić information content (AvgIpc) is 3.02. The van der Waals surface area contributed by atoms with Gasteiger partial charge in [0.05, 0.1) is 32.0 Å². The molecule has 2 aromatic rings. The fourth-order valence-electron chi connectivity index (χ4n) is 4.64. The minimum Gasteiger partial charge on any atom is -0.436 e. The Labute approximate surface area is 197 Å². The number of aromatic nitrogens is 1. The van der Waals surface area contributed by atoms with E-state index in [9.17, 15) is 14.0 Å². The van der Waals surface area contributed by atoms with E-state index in [2.05, 4.69) is 21.8 Å². The number of amides is 2. The van der Waals surface area contributed by atoms with Crippen molar-refractivity contribution in [2.24, 2.45) is 0 Å². The Kier molecular flexibility index (Phi) is 6.09. The highest BCUT2D eigenvalue weighted by Crippen LogP contribution is 2.31. The number of halogens is 1. The number of ether oxygens (including phenoxy) is 2. The van der Waals surface area contributed by atoms with Gasteiger partial charge in [-0.1, -0.05) is 6.07 Å². The van der Waals surface area contributed by atoms with Gasteiger partial charge in [0.25, 0.3) is 5.91 Å². The van der Waals surface area contributed by atoms with Gasteiger partial charge >= 0.3 is 6.09 Å². The van der Waals surface area contributed by atoms with Crippen LogP contribution in [0.2, 0.25) is 0 Å². The van der Waals surface area contributed by atoms with Crippen molar-refractivity contribution in [3.63, 3.8) is 0 Å². The van der Waals surface area contributed by atoms with Gasteiger partial charge in [-0.3, -0.25) is 9.69 Å². The van der Waals surface area contributed by atoms with Gasteiger partial charge in [0.2, 0.25) is 0 Å². The van der Waals surface area contributed by atoms with Crippen LogP contribution in [-0.4, -0.2) is 98.5 Å². The van der Waals surface area contributed by atoms with E-state index in [4.69, 9.17) is 9.47 Å². The molecule has 0 N–H and O–H groups in total. The standard InChI is InChI=1S/C24H28FN5O4/c1-27-7-9-28(10-8-27)21-13-18(5-6-26-21)22(31)29-11-12-33-17-24(15-29)16-30(23(32)34-24)20-4-2-3-19(25)14-20/h2-6,13-14H,7-12,15-17H2,1H3. The molecule has 1 aromatic carbocycles. The molecule has 0 saturated carbocycles. The molecule has 180 valence electrons. The summed E-state index contributed by atoms with van der Waals surface area (Å²) in [6, 6.07) is 9.34. The number of piperazine rings is 1. The first-order valence-corrected chi connectivity index (χ1v) is 11.5. The number of hydrogen-bond acceptors (Lipinski definition) is 7. The molecule has 3 fully saturated rings. The van der Waals surface area contributed by atoms with Crippen LogP contribution in [0.5, 0.6) is 0 Å². The third-order valence-corrected chi connectivity index (χ3v) is 6.55. The summed E-state index contributed by atoms with van der Waals surface area (Å²) in [7, 11) is 2.09. The van der Waals surface area contributed by atoms with E-state index >= 15 is 0 Å². The maximum Gasteiger partial charge on any atom is 0.415 e. The highest BCUT2D eigenvalue weighted by molar-refractivity contribution is 5.95. The van der Waals surface area contributed by atoms with Gasteiger partial charge in [0.15, 0.2) is 5.60 Å². The molecule has 0 aliphatic carbocycles. The number of carbonyl (C=O) groups excluding carboxylic acids is 2. The first-order valence-electron chi connectivity index (χ1n) is 11.5. The Bertz CT molecular complexity index is 1080. The number of hydrogen-bond donors (Lipinski definition) is 0. The lowest BCUT2D eigenvalue weighted by Gasteiger charge is -2.33. The van der Waals surface area contributed by atoms with E-state index < -0.39 is 17.5 Å². The number of carbonyl (C=O) groups is 2. The third-order valence-electron chi connectivity index (χ3n) is 6.55. The number of rotatable bonds is 3. The van der Waals surface area contributed by atoms with Crippen molar-refractivity contribution in [1.82, 2.24) is 14.8 Å². The molecule has 3 saturated heterocycles. The van der Waals surface area contributed by atoms with Crippen molar-refractivity contribution in [2.75, 3.05) is 75.9 Å². The van der Waals surface area contributed by atoms with E-state index in [0.29, 0.717) is 24.4 Å². The quantitative estimate of drug-likeness (QED) is 0.679. The van der Waals surface area contributed by atoms with Crippen molar-refractivity contribution in [1.29, 1.82) is 0 Å². The van der Waals surface area contributed by atoms with Gasteiger partial charge in [-0.25, -0.2) is 14.2 Å². The van der Waals surface area contributed by atoms with Gasteiger partial charge in [-0.2, -0.15) is 0 Å². The zero-order valence-corrected chi connectivity index (χ0v) is 19.2. The van der Waals surface area contributed by atoms with E-state index in [0.717, 1.165) is 32.0 Å². The molecule has 34 heavy (non-hydrogen) atoms. The Morgan fingerprint density at radius 2 is 1.91 bits per heavy atom. The minimum absolute atomic E-state index is 0.164. The molecule has 1 atom stereocenters. The zero-order valence-electron chi connectivity index (χ0n) is 19.2. The van der Waals surface area contributed by atoms with E-state index in [-0.39, 0.29) is 25.6 Å². The lowest BCUT2D eigenvalue weighted by molar-refractivity contribution is -0.0140.